The van der Waals surface area contributed by atoms with Crippen molar-refractivity contribution in [3.8, 4) is 0 Å². The molecule has 1 unspecified atom stereocenters. The topological polar surface area (TPSA) is 113 Å². The minimum Gasteiger partial charge on any atom is -0.383 e. The van der Waals surface area contributed by atoms with Gasteiger partial charge < -0.3 is 19.4 Å². The number of nitrogens with one attached hydrogen (secondary N) is 1. The largest absolute Gasteiger partial charge is 0.383 e. The summed E-state index contributed by atoms with van der Waals surface area (Å²) >= 11 is 0. The van der Waals surface area contributed by atoms with Gasteiger partial charge >= 0.3 is 0 Å². The van der Waals surface area contributed by atoms with Crippen molar-refractivity contribution in [2.24, 2.45) is 5.14 Å². The van der Waals surface area contributed by atoms with Gasteiger partial charge in [-0.05, 0) is 13.0 Å². The van der Waals surface area contributed by atoms with Crippen molar-refractivity contribution < 1.29 is 22.7 Å². The summed E-state index contributed by atoms with van der Waals surface area (Å²) in [5, 5.41) is 7.76. The van der Waals surface area contributed by atoms with E-state index in [1.807, 2.05) is 0 Å². The summed E-state index contributed by atoms with van der Waals surface area (Å²) in [4.78, 5) is 12.0. The first kappa shape index (κ1) is 17.6. The Bertz CT molecular complexity index is 582. The number of amides is 1. The minimum absolute atomic E-state index is 0.108. The summed E-state index contributed by atoms with van der Waals surface area (Å²) in [7, 11) is -0.808. The minimum atomic E-state index is -3.87. The van der Waals surface area contributed by atoms with Crippen LogP contribution in [0.2, 0.25) is 0 Å². The van der Waals surface area contributed by atoms with E-state index in [0.29, 0.717) is 19.7 Å². The van der Waals surface area contributed by atoms with Crippen molar-refractivity contribution in [2.45, 2.75) is 24.5 Å². The zero-order chi connectivity index (χ0) is 16.0. The smallest absolute Gasteiger partial charge is 0.268 e. The third-order valence-electron chi connectivity index (χ3n) is 2.92. The van der Waals surface area contributed by atoms with Crippen LogP contribution in [0.3, 0.4) is 0 Å². The van der Waals surface area contributed by atoms with Crippen molar-refractivity contribution in [1.82, 2.24) is 9.88 Å². The summed E-state index contributed by atoms with van der Waals surface area (Å²) in [6, 6.07) is 1.25. The number of sulfonamides is 1. The van der Waals surface area contributed by atoms with Gasteiger partial charge in [-0.25, -0.2) is 13.6 Å². The SMILES string of the molecule is COCCn1cc(S(N)(=O)=O)cc1C(=O)NCC(C)OC. The van der Waals surface area contributed by atoms with Crippen molar-refractivity contribution in [2.75, 3.05) is 27.4 Å². The summed E-state index contributed by atoms with van der Waals surface area (Å²) < 4.78 is 34.2. The predicted octanol–water partition coefficient (Wildman–Crippen LogP) is -0.453. The molecule has 0 bridgehead atoms. The molecule has 120 valence electrons. The highest BCUT2D eigenvalue weighted by Crippen LogP contribution is 2.13. The Hall–Kier alpha value is -1.42. The van der Waals surface area contributed by atoms with Gasteiger partial charge in [0.05, 0.1) is 12.7 Å². The van der Waals surface area contributed by atoms with Gasteiger partial charge in [0.2, 0.25) is 10.0 Å². The van der Waals surface area contributed by atoms with E-state index < -0.39 is 15.9 Å². The molecule has 0 saturated carbocycles. The molecule has 8 nitrogen and oxygen atoms in total. The van der Waals surface area contributed by atoms with E-state index in [1.165, 1.54) is 31.0 Å². The van der Waals surface area contributed by atoms with E-state index in [1.54, 1.807) is 6.92 Å². The number of carbonyl (C=O) groups excluding carboxylic acids is 1. The Labute approximate surface area is 124 Å². The fraction of sp³-hybridized carbons (Fsp3) is 0.583. The van der Waals surface area contributed by atoms with Crippen molar-refractivity contribution in [3.63, 3.8) is 0 Å². The highest BCUT2D eigenvalue weighted by Gasteiger charge is 2.19. The van der Waals surface area contributed by atoms with Gasteiger partial charge in [-0.2, -0.15) is 0 Å². The predicted molar refractivity (Wildman–Crippen MR) is 76.5 cm³/mol. The van der Waals surface area contributed by atoms with Crippen molar-refractivity contribution in [1.29, 1.82) is 0 Å². The molecule has 1 amide bonds. The molecule has 1 aromatic heterocycles. The number of hydrogen-bond donors (Lipinski definition) is 2. The second-order valence-electron chi connectivity index (χ2n) is 4.55. The normalized spacial score (nSPS) is 13.1. The zero-order valence-corrected chi connectivity index (χ0v) is 13.1. The Balaban J connectivity index is 2.97. The number of rotatable bonds is 8. The number of aromatic nitrogens is 1. The average molecular weight is 319 g/mol. The van der Waals surface area contributed by atoms with Crippen molar-refractivity contribution in [3.05, 3.63) is 18.0 Å². The summed E-state index contributed by atoms with van der Waals surface area (Å²) in [5.74, 6) is -0.398. The molecule has 1 rings (SSSR count). The van der Waals surface area contributed by atoms with Gasteiger partial charge in [0.25, 0.3) is 5.91 Å². The van der Waals surface area contributed by atoms with Crippen LogP contribution < -0.4 is 10.5 Å². The van der Waals surface area contributed by atoms with Crippen LogP contribution in [-0.2, 0) is 26.0 Å². The monoisotopic (exact) mass is 319 g/mol. The third-order valence-corrected chi connectivity index (χ3v) is 3.80. The lowest BCUT2D eigenvalue weighted by Crippen LogP contribution is -2.33. The molecular formula is C12H21N3O5S. The third kappa shape index (κ3) is 5.12. The molecule has 0 spiro atoms. The van der Waals surface area contributed by atoms with Gasteiger partial charge in [-0.1, -0.05) is 0 Å². The van der Waals surface area contributed by atoms with Crippen LogP contribution in [0.25, 0.3) is 0 Å². The van der Waals surface area contributed by atoms with Crippen LogP contribution in [0, 0.1) is 0 Å². The van der Waals surface area contributed by atoms with E-state index in [9.17, 15) is 13.2 Å². The van der Waals surface area contributed by atoms with Gasteiger partial charge in [-0.3, -0.25) is 4.79 Å². The lowest BCUT2D eigenvalue weighted by molar-refractivity contribution is 0.0860. The van der Waals surface area contributed by atoms with E-state index >= 15 is 0 Å². The molecular weight excluding hydrogens is 298 g/mol. The van der Waals surface area contributed by atoms with E-state index in [-0.39, 0.29) is 16.7 Å². The summed E-state index contributed by atoms with van der Waals surface area (Å²) in [5.41, 5.74) is 0.208. The summed E-state index contributed by atoms with van der Waals surface area (Å²) in [6.45, 7) is 2.80. The van der Waals surface area contributed by atoms with Gasteiger partial charge in [0.15, 0.2) is 0 Å². The highest BCUT2D eigenvalue weighted by atomic mass is 32.2. The lowest BCUT2D eigenvalue weighted by Gasteiger charge is -2.12. The van der Waals surface area contributed by atoms with Gasteiger partial charge in [0.1, 0.15) is 10.6 Å². The maximum absolute atomic E-state index is 12.1. The number of ether oxygens (including phenoxy) is 2. The number of carbonyl (C=O) groups is 1. The van der Waals surface area contributed by atoms with Crippen molar-refractivity contribution >= 4 is 15.9 Å². The fourth-order valence-corrected chi connectivity index (χ4v) is 2.16. The molecule has 21 heavy (non-hydrogen) atoms. The second kappa shape index (κ2) is 7.55. The number of nitrogens with zero attached hydrogens (tertiary/aromatic N) is 1. The lowest BCUT2D eigenvalue weighted by atomic mass is 10.3. The number of hydrogen-bond acceptors (Lipinski definition) is 5. The molecule has 1 aromatic rings. The molecule has 0 aromatic carbocycles. The highest BCUT2D eigenvalue weighted by molar-refractivity contribution is 7.89. The molecule has 1 atom stereocenters. The summed E-state index contributed by atoms with van der Waals surface area (Å²) in [6.07, 6.45) is 1.18. The molecule has 0 fully saturated rings. The zero-order valence-electron chi connectivity index (χ0n) is 12.3. The number of nitrogens with two attached hydrogens (primary N) is 1. The number of primary sulfonamides is 1. The maximum atomic E-state index is 12.1. The molecule has 0 aliphatic heterocycles. The second-order valence-corrected chi connectivity index (χ2v) is 6.11. The van der Waals surface area contributed by atoms with Gasteiger partial charge in [0, 0.05) is 33.5 Å². The van der Waals surface area contributed by atoms with Crippen LogP contribution in [0.15, 0.2) is 17.2 Å². The maximum Gasteiger partial charge on any atom is 0.268 e. The Morgan fingerprint density at radius 2 is 2.14 bits per heavy atom. The molecule has 0 aliphatic rings. The quantitative estimate of drug-likeness (QED) is 0.673. The van der Waals surface area contributed by atoms with E-state index in [4.69, 9.17) is 14.6 Å². The first-order valence-electron chi connectivity index (χ1n) is 6.32. The molecule has 1 heterocycles. The average Bonchev–Trinajstić information content (AvgIpc) is 2.86. The Kier molecular flexibility index (Phi) is 6.34. The molecule has 0 aliphatic carbocycles. The molecule has 0 radical (unpaired) electrons. The Morgan fingerprint density at radius 1 is 1.48 bits per heavy atom. The molecule has 9 heteroatoms. The standard InChI is InChI=1S/C12H21N3O5S/c1-9(20-3)7-14-12(16)11-6-10(21(13,17)18)8-15(11)4-5-19-2/h6,8-9H,4-5,7H2,1-3H3,(H,14,16)(H2,13,17,18). The Morgan fingerprint density at radius 3 is 2.67 bits per heavy atom. The first-order valence-corrected chi connectivity index (χ1v) is 7.87. The van der Waals surface area contributed by atoms with Crippen LogP contribution in [0.1, 0.15) is 17.4 Å². The van der Waals surface area contributed by atoms with Crippen LogP contribution in [0.5, 0.6) is 0 Å². The van der Waals surface area contributed by atoms with Crippen LogP contribution in [0.4, 0.5) is 0 Å². The van der Waals surface area contributed by atoms with Crippen LogP contribution >= 0.6 is 0 Å². The number of methoxy groups -OCH3 is 2. The van der Waals surface area contributed by atoms with Gasteiger partial charge in [-0.15, -0.1) is 0 Å². The van der Waals surface area contributed by atoms with Crippen LogP contribution in [-0.4, -0.2) is 52.4 Å². The fourth-order valence-electron chi connectivity index (χ4n) is 1.61. The van der Waals surface area contributed by atoms with E-state index in [0.717, 1.165) is 0 Å². The van der Waals surface area contributed by atoms with E-state index in [2.05, 4.69) is 5.32 Å². The molecule has 0 saturated heterocycles. The molecule has 3 N–H and O–H groups in total. The first-order chi connectivity index (χ1) is 9.79.